The van der Waals surface area contributed by atoms with Crippen LogP contribution in [0.1, 0.15) is 71.1 Å². The maximum atomic E-state index is 10.0. The summed E-state index contributed by atoms with van der Waals surface area (Å²) in [5, 5.41) is 11.6. The Kier molecular flexibility index (Phi) is 14.1. The Hall–Kier alpha value is -0.510. The number of nitrogens with zero attached hydrogens (tertiary/aromatic N) is 1. The van der Waals surface area contributed by atoms with Gasteiger partial charge in [0.1, 0.15) is 0 Å². The zero-order chi connectivity index (χ0) is 13.5. The van der Waals surface area contributed by atoms with Gasteiger partial charge < -0.3 is 0 Å². The van der Waals surface area contributed by atoms with E-state index in [2.05, 4.69) is 6.92 Å². The highest BCUT2D eigenvalue weighted by Gasteiger charge is 1.93. The van der Waals surface area contributed by atoms with Crippen molar-refractivity contribution in [2.45, 2.75) is 71.1 Å². The van der Waals surface area contributed by atoms with Gasteiger partial charge in [0.2, 0.25) is 6.20 Å². The fraction of sp³-hybridized carbons (Fsp3) is 0.857. The molecule has 0 atom stereocenters. The predicted molar refractivity (Wildman–Crippen MR) is 80.4 cm³/mol. The molecule has 0 aliphatic carbocycles. The third-order valence-corrected chi connectivity index (χ3v) is 3.73. The molecule has 4 heteroatoms. The fourth-order valence-corrected chi connectivity index (χ4v) is 2.53. The highest BCUT2D eigenvalue weighted by atomic mass is 32.2. The van der Waals surface area contributed by atoms with E-state index in [1.807, 2.05) is 0 Å². The molecule has 0 aromatic carbocycles. The average Bonchev–Trinajstić information content (AvgIpc) is 2.34. The predicted octanol–water partition coefficient (Wildman–Crippen LogP) is 5.39. The van der Waals surface area contributed by atoms with Crippen LogP contribution in [0, 0.1) is 10.1 Å². The molecule has 0 heterocycles. The van der Waals surface area contributed by atoms with E-state index in [4.69, 9.17) is 0 Å². The molecular weight excluding hydrogens is 246 g/mol. The van der Waals surface area contributed by atoms with E-state index < -0.39 is 4.92 Å². The van der Waals surface area contributed by atoms with Crippen molar-refractivity contribution in [2.75, 3.05) is 5.75 Å². The summed E-state index contributed by atoms with van der Waals surface area (Å²) < 4.78 is 0. The van der Waals surface area contributed by atoms with Gasteiger partial charge in [-0.15, -0.1) is 11.8 Å². The van der Waals surface area contributed by atoms with E-state index in [9.17, 15) is 10.1 Å². The van der Waals surface area contributed by atoms with Crippen LogP contribution in [0.4, 0.5) is 0 Å². The molecule has 0 spiro atoms. The van der Waals surface area contributed by atoms with E-state index in [0.717, 1.165) is 12.0 Å². The lowest BCUT2D eigenvalue weighted by Gasteiger charge is -2.01. The molecule has 0 saturated heterocycles. The summed E-state index contributed by atoms with van der Waals surface area (Å²) in [6.07, 6.45) is 14.4. The number of unbranched alkanes of at least 4 members (excludes halogenated alkanes) is 9. The molecule has 0 bridgehead atoms. The van der Waals surface area contributed by atoms with Crippen molar-refractivity contribution in [2.24, 2.45) is 0 Å². The van der Waals surface area contributed by atoms with Crippen molar-refractivity contribution in [3.63, 3.8) is 0 Å². The lowest BCUT2D eigenvalue weighted by atomic mass is 10.1. The molecule has 0 fully saturated rings. The maximum Gasteiger partial charge on any atom is 0.240 e. The zero-order valence-electron chi connectivity index (χ0n) is 11.6. The number of thioether (sulfide) groups is 1. The molecule has 0 aliphatic heterocycles. The molecule has 106 valence electrons. The number of nitro groups is 1. The van der Waals surface area contributed by atoms with Crippen molar-refractivity contribution < 1.29 is 4.92 Å². The molecule has 0 aromatic rings. The minimum absolute atomic E-state index is 0.411. The molecular formula is C14H27NO2S. The summed E-state index contributed by atoms with van der Waals surface area (Å²) in [7, 11) is 0. The molecule has 0 saturated carbocycles. The van der Waals surface area contributed by atoms with Gasteiger partial charge in [0.25, 0.3) is 0 Å². The molecule has 0 aliphatic rings. The largest absolute Gasteiger partial charge is 0.259 e. The lowest BCUT2D eigenvalue weighted by Crippen LogP contribution is -1.84. The first-order valence-electron chi connectivity index (χ1n) is 7.19. The second kappa shape index (κ2) is 14.6. The molecule has 18 heavy (non-hydrogen) atoms. The smallest absolute Gasteiger partial charge is 0.240 e. The van der Waals surface area contributed by atoms with Crippen molar-refractivity contribution in [3.8, 4) is 0 Å². The van der Waals surface area contributed by atoms with Crippen LogP contribution in [0.15, 0.2) is 11.6 Å². The second-order valence-corrected chi connectivity index (χ2v) is 5.64. The minimum atomic E-state index is -0.411. The Morgan fingerprint density at radius 1 is 0.944 bits per heavy atom. The van der Waals surface area contributed by atoms with Gasteiger partial charge in [0.05, 0.1) is 4.92 Å². The Morgan fingerprint density at radius 2 is 1.44 bits per heavy atom. The van der Waals surface area contributed by atoms with Gasteiger partial charge in [-0.25, -0.2) is 0 Å². The summed E-state index contributed by atoms with van der Waals surface area (Å²) in [5.74, 6) is 1.00. The standard InChI is InChI=1S/C14H27NO2S/c1-2-3-4-5-6-7-8-9-10-11-13-18-14-12-15(16)17/h12,14H,2-11,13H2,1H3. The fourth-order valence-electron chi connectivity index (χ4n) is 1.83. The molecule has 0 radical (unpaired) electrons. The van der Waals surface area contributed by atoms with Crippen LogP contribution in [-0.2, 0) is 0 Å². The number of rotatable bonds is 13. The van der Waals surface area contributed by atoms with Gasteiger partial charge in [-0.1, -0.05) is 64.7 Å². The first kappa shape index (κ1) is 17.5. The summed E-state index contributed by atoms with van der Waals surface area (Å²) in [6, 6.07) is 0. The second-order valence-electron chi connectivity index (χ2n) is 4.62. The third kappa shape index (κ3) is 15.5. The molecule has 0 unspecified atom stereocenters. The van der Waals surface area contributed by atoms with E-state index >= 15 is 0 Å². The first-order chi connectivity index (χ1) is 8.77. The molecule has 3 nitrogen and oxygen atoms in total. The summed E-state index contributed by atoms with van der Waals surface area (Å²) in [5.41, 5.74) is 0. The van der Waals surface area contributed by atoms with Crippen LogP contribution in [0.3, 0.4) is 0 Å². The van der Waals surface area contributed by atoms with Crippen LogP contribution in [-0.4, -0.2) is 10.7 Å². The van der Waals surface area contributed by atoms with Crippen molar-refractivity contribution >= 4 is 11.8 Å². The lowest BCUT2D eigenvalue weighted by molar-refractivity contribution is -0.402. The van der Waals surface area contributed by atoms with Crippen LogP contribution in [0.5, 0.6) is 0 Å². The highest BCUT2D eigenvalue weighted by molar-refractivity contribution is 8.02. The van der Waals surface area contributed by atoms with Gasteiger partial charge in [0, 0.05) is 5.41 Å². The Morgan fingerprint density at radius 3 is 1.94 bits per heavy atom. The van der Waals surface area contributed by atoms with Crippen LogP contribution in [0.2, 0.25) is 0 Å². The maximum absolute atomic E-state index is 10.0. The summed E-state index contributed by atoms with van der Waals surface area (Å²) >= 11 is 1.54. The Bertz CT molecular complexity index is 220. The average molecular weight is 273 g/mol. The first-order valence-corrected chi connectivity index (χ1v) is 8.24. The van der Waals surface area contributed by atoms with Gasteiger partial charge in [-0.2, -0.15) is 0 Å². The monoisotopic (exact) mass is 273 g/mol. The van der Waals surface area contributed by atoms with Crippen LogP contribution >= 0.6 is 11.8 Å². The van der Waals surface area contributed by atoms with Crippen molar-refractivity contribution in [1.29, 1.82) is 0 Å². The quantitative estimate of drug-likeness (QED) is 0.257. The molecule has 0 rings (SSSR count). The summed E-state index contributed by atoms with van der Waals surface area (Å²) in [4.78, 5) is 9.59. The summed E-state index contributed by atoms with van der Waals surface area (Å²) in [6.45, 7) is 2.25. The van der Waals surface area contributed by atoms with Gasteiger partial charge in [-0.3, -0.25) is 10.1 Å². The van der Waals surface area contributed by atoms with Gasteiger partial charge >= 0.3 is 0 Å². The van der Waals surface area contributed by atoms with Crippen LogP contribution < -0.4 is 0 Å². The van der Waals surface area contributed by atoms with E-state index in [1.165, 1.54) is 76.0 Å². The van der Waals surface area contributed by atoms with Gasteiger partial charge in [-0.05, 0) is 12.2 Å². The Balaban J connectivity index is 3.01. The zero-order valence-corrected chi connectivity index (χ0v) is 12.4. The Labute approximate surface area is 116 Å². The normalized spacial score (nSPS) is 11.2. The molecule has 0 amide bonds. The number of hydrogen-bond acceptors (Lipinski definition) is 3. The molecule has 0 aromatic heterocycles. The van der Waals surface area contributed by atoms with Crippen molar-refractivity contribution in [1.82, 2.24) is 0 Å². The number of hydrogen-bond donors (Lipinski definition) is 0. The topological polar surface area (TPSA) is 43.1 Å². The van der Waals surface area contributed by atoms with E-state index in [1.54, 1.807) is 5.41 Å². The van der Waals surface area contributed by atoms with Gasteiger partial charge in [0.15, 0.2) is 0 Å². The van der Waals surface area contributed by atoms with Crippen LogP contribution in [0.25, 0.3) is 0 Å². The third-order valence-electron chi connectivity index (χ3n) is 2.89. The van der Waals surface area contributed by atoms with E-state index in [0.29, 0.717) is 0 Å². The highest BCUT2D eigenvalue weighted by Crippen LogP contribution is 2.12. The van der Waals surface area contributed by atoms with E-state index in [-0.39, 0.29) is 0 Å². The van der Waals surface area contributed by atoms with Crippen molar-refractivity contribution in [3.05, 3.63) is 21.7 Å². The SMILES string of the molecule is CCCCCCCCCCCCSC=C[N+](=O)[O-]. The minimum Gasteiger partial charge on any atom is -0.259 e. The molecule has 0 N–H and O–H groups in total.